The van der Waals surface area contributed by atoms with E-state index in [1.54, 1.807) is 42.5 Å². The Morgan fingerprint density at radius 2 is 1.71 bits per heavy atom. The average molecular weight is 422 g/mol. The summed E-state index contributed by atoms with van der Waals surface area (Å²) in [5.41, 5.74) is 0.658. The summed E-state index contributed by atoms with van der Waals surface area (Å²) in [5, 5.41) is 11.9. The molecule has 0 radical (unpaired) electrons. The topological polar surface area (TPSA) is 97.7 Å². The van der Waals surface area contributed by atoms with Gasteiger partial charge in [0.15, 0.2) is 18.1 Å². The molecule has 1 N–H and O–H groups in total. The third-order valence-corrected chi connectivity index (χ3v) is 4.10. The fourth-order valence-electron chi connectivity index (χ4n) is 2.56. The number of esters is 1. The van der Waals surface area contributed by atoms with Gasteiger partial charge in [0.2, 0.25) is 0 Å². The molecule has 0 fully saturated rings. The van der Waals surface area contributed by atoms with Crippen molar-refractivity contribution in [1.29, 1.82) is 5.26 Å². The lowest BCUT2D eigenvalue weighted by Crippen LogP contribution is -2.25. The molecule has 2 aromatic rings. The van der Waals surface area contributed by atoms with Gasteiger partial charge in [-0.3, -0.25) is 4.79 Å². The quantitative estimate of drug-likeness (QED) is 0.194. The number of hydrogen-bond donors (Lipinski definition) is 1. The Morgan fingerprint density at radius 1 is 1.03 bits per heavy atom. The molecule has 2 rings (SSSR count). The van der Waals surface area contributed by atoms with E-state index in [1.807, 2.05) is 26.0 Å². The Labute approximate surface area is 182 Å². The molecule has 0 aliphatic heterocycles. The number of nitriles is 1. The van der Waals surface area contributed by atoms with Crippen LogP contribution in [0.4, 0.5) is 0 Å². The van der Waals surface area contributed by atoms with Crippen LogP contribution < -0.4 is 19.5 Å². The van der Waals surface area contributed by atoms with Crippen LogP contribution in [0.25, 0.3) is 6.08 Å². The average Bonchev–Trinajstić information content (AvgIpc) is 2.78. The first kappa shape index (κ1) is 23.5. The lowest BCUT2D eigenvalue weighted by atomic mass is 10.1. The number of carbonyl (C=O) groups excluding carboxylic acids is 2. The Bertz CT molecular complexity index is 945. The van der Waals surface area contributed by atoms with Crippen LogP contribution in [0.1, 0.15) is 32.3 Å². The van der Waals surface area contributed by atoms with Gasteiger partial charge in [-0.2, -0.15) is 5.26 Å². The molecular weight excluding hydrogens is 396 g/mol. The Balaban J connectivity index is 1.92. The highest BCUT2D eigenvalue weighted by molar-refractivity contribution is 6.01. The molecule has 0 spiro atoms. The molecule has 0 bridgehead atoms. The lowest BCUT2D eigenvalue weighted by molar-refractivity contribution is -0.136. The molecule has 0 aromatic heterocycles. The van der Waals surface area contributed by atoms with E-state index in [1.165, 1.54) is 6.08 Å². The highest BCUT2D eigenvalue weighted by Crippen LogP contribution is 2.26. The third-order valence-electron chi connectivity index (χ3n) is 4.10. The van der Waals surface area contributed by atoms with E-state index >= 15 is 0 Å². The van der Waals surface area contributed by atoms with Crippen molar-refractivity contribution in [3.8, 4) is 23.3 Å². The van der Waals surface area contributed by atoms with Crippen LogP contribution in [0.15, 0.2) is 54.1 Å². The molecule has 2 aromatic carbocycles. The zero-order valence-electron chi connectivity index (χ0n) is 17.7. The van der Waals surface area contributed by atoms with E-state index in [0.29, 0.717) is 36.0 Å². The van der Waals surface area contributed by atoms with Gasteiger partial charge in [0.05, 0.1) is 6.61 Å². The molecule has 1 amide bonds. The summed E-state index contributed by atoms with van der Waals surface area (Å²) in [6, 6.07) is 15.5. The van der Waals surface area contributed by atoms with Crippen LogP contribution in [-0.4, -0.2) is 31.6 Å². The van der Waals surface area contributed by atoms with Gasteiger partial charge < -0.3 is 19.5 Å². The van der Waals surface area contributed by atoms with Crippen molar-refractivity contribution in [3.63, 3.8) is 0 Å². The van der Waals surface area contributed by atoms with E-state index in [9.17, 15) is 14.9 Å². The maximum absolute atomic E-state index is 12.1. The van der Waals surface area contributed by atoms with Gasteiger partial charge >= 0.3 is 5.97 Å². The molecule has 0 atom stereocenters. The molecular formula is C24H26N2O5. The summed E-state index contributed by atoms with van der Waals surface area (Å²) < 4.78 is 16.2. The first-order chi connectivity index (χ1) is 15.1. The Kier molecular flexibility index (Phi) is 9.63. The zero-order valence-corrected chi connectivity index (χ0v) is 17.7. The second-order valence-corrected chi connectivity index (χ2v) is 6.49. The number of nitrogens with one attached hydrogen (secondary N) is 1. The maximum atomic E-state index is 12.1. The van der Waals surface area contributed by atoms with E-state index in [4.69, 9.17) is 14.2 Å². The number of para-hydroxylation sites is 2. The van der Waals surface area contributed by atoms with Crippen LogP contribution in [0, 0.1) is 11.3 Å². The molecule has 0 saturated carbocycles. The molecule has 7 heteroatoms. The van der Waals surface area contributed by atoms with Crippen LogP contribution in [0.3, 0.4) is 0 Å². The Hall–Kier alpha value is -3.79. The van der Waals surface area contributed by atoms with Crippen molar-refractivity contribution in [3.05, 3.63) is 59.7 Å². The van der Waals surface area contributed by atoms with Crippen molar-refractivity contribution in [2.24, 2.45) is 0 Å². The number of carbonyl (C=O) groups is 2. The number of rotatable bonds is 11. The molecule has 0 heterocycles. The minimum Gasteiger partial charge on any atom is -0.490 e. The maximum Gasteiger partial charge on any atom is 0.349 e. The minimum atomic E-state index is -0.567. The van der Waals surface area contributed by atoms with Gasteiger partial charge in [-0.1, -0.05) is 37.6 Å². The van der Waals surface area contributed by atoms with Gasteiger partial charge in [-0.25, -0.2) is 4.79 Å². The molecule has 7 nitrogen and oxygen atoms in total. The highest BCUT2D eigenvalue weighted by atomic mass is 16.6. The largest absolute Gasteiger partial charge is 0.490 e. The smallest absolute Gasteiger partial charge is 0.349 e. The molecule has 162 valence electrons. The van der Waals surface area contributed by atoms with Gasteiger partial charge in [0.25, 0.3) is 5.91 Å². The fraction of sp³-hybridized carbons (Fsp3) is 0.292. The summed E-state index contributed by atoms with van der Waals surface area (Å²) in [6.07, 6.45) is 3.29. The summed E-state index contributed by atoms with van der Waals surface area (Å²) in [6.45, 7) is 4.62. The van der Waals surface area contributed by atoms with E-state index in [2.05, 4.69) is 5.32 Å². The van der Waals surface area contributed by atoms with E-state index in [-0.39, 0.29) is 12.2 Å². The zero-order chi connectivity index (χ0) is 22.5. The Morgan fingerprint density at radius 3 is 2.32 bits per heavy atom. The molecule has 0 aliphatic rings. The number of benzene rings is 2. The summed E-state index contributed by atoms with van der Waals surface area (Å²) >= 11 is 0. The normalized spacial score (nSPS) is 10.7. The highest BCUT2D eigenvalue weighted by Gasteiger charge is 2.11. The molecule has 31 heavy (non-hydrogen) atoms. The SMILES string of the molecule is CCCCNC(=O)/C(C#N)=C/c1ccc(OC(=O)COc2ccccc2OCC)cc1. The summed E-state index contributed by atoms with van der Waals surface area (Å²) in [4.78, 5) is 24.1. The van der Waals surface area contributed by atoms with Crippen molar-refractivity contribution >= 4 is 18.0 Å². The van der Waals surface area contributed by atoms with Crippen LogP contribution in [-0.2, 0) is 9.59 Å². The van der Waals surface area contributed by atoms with Crippen molar-refractivity contribution in [2.75, 3.05) is 19.8 Å². The number of hydrogen-bond acceptors (Lipinski definition) is 6. The second kappa shape index (κ2) is 12.7. The summed E-state index contributed by atoms with van der Waals surface area (Å²) in [7, 11) is 0. The van der Waals surface area contributed by atoms with Crippen molar-refractivity contribution in [2.45, 2.75) is 26.7 Å². The van der Waals surface area contributed by atoms with Crippen molar-refractivity contribution < 1.29 is 23.8 Å². The first-order valence-electron chi connectivity index (χ1n) is 10.1. The fourth-order valence-corrected chi connectivity index (χ4v) is 2.56. The van der Waals surface area contributed by atoms with Crippen LogP contribution in [0.2, 0.25) is 0 Å². The van der Waals surface area contributed by atoms with E-state index < -0.39 is 11.9 Å². The van der Waals surface area contributed by atoms with E-state index in [0.717, 1.165) is 12.8 Å². The minimum absolute atomic E-state index is 0.0159. The number of nitrogens with zero attached hydrogens (tertiary/aromatic N) is 1. The molecule has 0 saturated heterocycles. The van der Waals surface area contributed by atoms with Gasteiger partial charge in [0.1, 0.15) is 17.4 Å². The van der Waals surface area contributed by atoms with Gasteiger partial charge in [-0.15, -0.1) is 0 Å². The summed E-state index contributed by atoms with van der Waals surface area (Å²) in [5.74, 6) is 0.372. The monoisotopic (exact) mass is 422 g/mol. The second-order valence-electron chi connectivity index (χ2n) is 6.49. The lowest BCUT2D eigenvalue weighted by Gasteiger charge is -2.11. The predicted octanol–water partition coefficient (Wildman–Crippen LogP) is 3.89. The first-order valence-corrected chi connectivity index (χ1v) is 10.1. The van der Waals surface area contributed by atoms with Crippen LogP contribution in [0.5, 0.6) is 17.2 Å². The molecule has 0 aliphatic carbocycles. The number of ether oxygens (including phenoxy) is 3. The van der Waals surface area contributed by atoms with Crippen LogP contribution >= 0.6 is 0 Å². The van der Waals surface area contributed by atoms with Gasteiger partial charge in [0, 0.05) is 6.54 Å². The van der Waals surface area contributed by atoms with Crippen molar-refractivity contribution in [1.82, 2.24) is 5.32 Å². The van der Waals surface area contributed by atoms with Gasteiger partial charge in [-0.05, 0) is 49.2 Å². The molecule has 0 unspecified atom stereocenters. The number of amides is 1. The predicted molar refractivity (Wildman–Crippen MR) is 117 cm³/mol. The number of unbranched alkanes of at least 4 members (excludes halogenated alkanes) is 1. The third kappa shape index (κ3) is 7.86. The standard InChI is InChI=1S/C24H26N2O5/c1-3-5-14-26-24(28)19(16-25)15-18-10-12-20(13-11-18)31-23(27)17-30-22-9-7-6-8-21(22)29-4-2/h6-13,15H,3-5,14,17H2,1-2H3,(H,26,28)/b19-15+.